The van der Waals surface area contributed by atoms with Crippen LogP contribution in [-0.4, -0.2) is 24.8 Å². The second kappa shape index (κ2) is 9.18. The number of ether oxygens (including phenoxy) is 2. The molecule has 0 rings (SSSR count). The van der Waals surface area contributed by atoms with Crippen molar-refractivity contribution in [1.82, 2.24) is 5.32 Å². The van der Waals surface area contributed by atoms with Crippen LogP contribution in [0.3, 0.4) is 0 Å². The van der Waals surface area contributed by atoms with Crippen molar-refractivity contribution in [2.45, 2.75) is 52.1 Å². The Kier molecular flexibility index (Phi) is 8.36. The second-order valence-electron chi connectivity index (χ2n) is 5.31. The number of carbonyl (C=O) groups is 2. The van der Waals surface area contributed by atoms with Crippen molar-refractivity contribution < 1.29 is 19.1 Å². The molecule has 0 spiro atoms. The monoisotopic (exact) mass is 283 g/mol. The highest BCUT2D eigenvalue weighted by Gasteiger charge is 2.19. The van der Waals surface area contributed by atoms with Gasteiger partial charge in [-0.3, -0.25) is 5.32 Å². The predicted octanol–water partition coefficient (Wildman–Crippen LogP) is 3.31. The summed E-state index contributed by atoms with van der Waals surface area (Å²) < 4.78 is 9.72. The molecule has 5 heteroatoms. The van der Waals surface area contributed by atoms with Gasteiger partial charge < -0.3 is 9.47 Å². The van der Waals surface area contributed by atoms with Gasteiger partial charge in [-0.25, -0.2) is 9.59 Å². The van der Waals surface area contributed by atoms with Crippen LogP contribution in [0.2, 0.25) is 0 Å². The molecule has 1 N–H and O–H groups in total. The molecular formula is C15H25NO4. The van der Waals surface area contributed by atoms with Gasteiger partial charge in [0, 0.05) is 0 Å². The number of unbranched alkanes of at least 4 members (excludes halogenated alkanes) is 3. The SMILES string of the molecule is C=CCCCC/C=C(/NC(=O)OC(C)(C)C)C(=O)OC. The summed E-state index contributed by atoms with van der Waals surface area (Å²) in [7, 11) is 1.27. The molecule has 0 aliphatic carbocycles. The van der Waals surface area contributed by atoms with Crippen LogP contribution in [0.5, 0.6) is 0 Å². The summed E-state index contributed by atoms with van der Waals surface area (Å²) >= 11 is 0. The molecule has 0 aliphatic heterocycles. The summed E-state index contributed by atoms with van der Waals surface area (Å²) in [6, 6.07) is 0. The lowest BCUT2D eigenvalue weighted by molar-refractivity contribution is -0.136. The quantitative estimate of drug-likeness (QED) is 0.337. The van der Waals surface area contributed by atoms with Gasteiger partial charge in [0.05, 0.1) is 7.11 Å². The van der Waals surface area contributed by atoms with Gasteiger partial charge in [0.1, 0.15) is 11.3 Å². The Morgan fingerprint density at radius 3 is 2.30 bits per heavy atom. The Morgan fingerprint density at radius 1 is 1.20 bits per heavy atom. The second-order valence-corrected chi connectivity index (χ2v) is 5.31. The number of hydrogen-bond acceptors (Lipinski definition) is 4. The van der Waals surface area contributed by atoms with Gasteiger partial charge in [-0.1, -0.05) is 12.2 Å². The smallest absolute Gasteiger partial charge is 0.412 e. The average molecular weight is 283 g/mol. The number of nitrogens with one attached hydrogen (secondary N) is 1. The Bertz CT molecular complexity index is 367. The summed E-state index contributed by atoms with van der Waals surface area (Å²) in [5, 5.41) is 2.42. The summed E-state index contributed by atoms with van der Waals surface area (Å²) in [6.45, 7) is 8.91. The first kappa shape index (κ1) is 18.2. The van der Waals surface area contributed by atoms with E-state index in [0.29, 0.717) is 6.42 Å². The Balaban J connectivity index is 4.49. The van der Waals surface area contributed by atoms with Crippen LogP contribution in [0.25, 0.3) is 0 Å². The largest absolute Gasteiger partial charge is 0.464 e. The fraction of sp³-hybridized carbons (Fsp3) is 0.600. The van der Waals surface area contributed by atoms with E-state index in [1.54, 1.807) is 26.8 Å². The third kappa shape index (κ3) is 9.19. The lowest BCUT2D eigenvalue weighted by Crippen LogP contribution is -2.34. The van der Waals surface area contributed by atoms with Gasteiger partial charge in [-0.05, 0) is 46.5 Å². The maximum Gasteiger partial charge on any atom is 0.412 e. The summed E-state index contributed by atoms with van der Waals surface area (Å²) in [5.74, 6) is -0.584. The highest BCUT2D eigenvalue weighted by Crippen LogP contribution is 2.08. The van der Waals surface area contributed by atoms with Crippen LogP contribution < -0.4 is 5.32 Å². The lowest BCUT2D eigenvalue weighted by Gasteiger charge is -2.20. The topological polar surface area (TPSA) is 64.6 Å². The van der Waals surface area contributed by atoms with Crippen LogP contribution in [0.4, 0.5) is 4.79 Å². The Morgan fingerprint density at radius 2 is 1.80 bits per heavy atom. The van der Waals surface area contributed by atoms with Gasteiger partial charge in [0.2, 0.25) is 0 Å². The predicted molar refractivity (Wildman–Crippen MR) is 78.1 cm³/mol. The van der Waals surface area contributed by atoms with Gasteiger partial charge in [0.25, 0.3) is 0 Å². The molecule has 0 aromatic heterocycles. The number of alkyl carbamates (subject to hydrolysis) is 1. The van der Waals surface area contributed by atoms with Crippen molar-refractivity contribution in [3.05, 3.63) is 24.4 Å². The van der Waals surface area contributed by atoms with E-state index in [0.717, 1.165) is 19.3 Å². The van der Waals surface area contributed by atoms with Crippen molar-refractivity contribution in [1.29, 1.82) is 0 Å². The molecule has 0 heterocycles. The van der Waals surface area contributed by atoms with E-state index in [1.807, 2.05) is 6.08 Å². The number of esters is 1. The molecule has 5 nitrogen and oxygen atoms in total. The minimum absolute atomic E-state index is 0.111. The van der Waals surface area contributed by atoms with Crippen LogP contribution in [0.1, 0.15) is 46.5 Å². The highest BCUT2D eigenvalue weighted by atomic mass is 16.6. The van der Waals surface area contributed by atoms with Crippen LogP contribution >= 0.6 is 0 Å². The fourth-order valence-corrected chi connectivity index (χ4v) is 1.39. The molecule has 0 aromatic carbocycles. The number of methoxy groups -OCH3 is 1. The number of rotatable bonds is 7. The van der Waals surface area contributed by atoms with E-state index in [9.17, 15) is 9.59 Å². The fourth-order valence-electron chi connectivity index (χ4n) is 1.39. The number of amides is 1. The molecule has 1 amide bonds. The van der Waals surface area contributed by atoms with Gasteiger partial charge >= 0.3 is 12.1 Å². The average Bonchev–Trinajstić information content (AvgIpc) is 2.34. The van der Waals surface area contributed by atoms with E-state index in [2.05, 4.69) is 16.6 Å². The molecule has 0 fully saturated rings. The van der Waals surface area contributed by atoms with Crippen molar-refractivity contribution in [3.8, 4) is 0 Å². The number of hydrogen-bond donors (Lipinski definition) is 1. The minimum Gasteiger partial charge on any atom is -0.464 e. The zero-order chi connectivity index (χ0) is 15.6. The van der Waals surface area contributed by atoms with E-state index < -0.39 is 17.7 Å². The summed E-state index contributed by atoms with van der Waals surface area (Å²) in [6.07, 6.45) is 6.33. The van der Waals surface area contributed by atoms with Crippen molar-refractivity contribution in [2.75, 3.05) is 7.11 Å². The van der Waals surface area contributed by atoms with Crippen LogP contribution in [0, 0.1) is 0 Å². The molecule has 0 unspecified atom stereocenters. The van der Waals surface area contributed by atoms with Crippen molar-refractivity contribution >= 4 is 12.1 Å². The normalized spacial score (nSPS) is 11.7. The molecule has 20 heavy (non-hydrogen) atoms. The van der Waals surface area contributed by atoms with Crippen molar-refractivity contribution in [3.63, 3.8) is 0 Å². The van der Waals surface area contributed by atoms with E-state index in [4.69, 9.17) is 4.74 Å². The number of allylic oxidation sites excluding steroid dienone is 2. The lowest BCUT2D eigenvalue weighted by atomic mass is 10.2. The molecule has 0 aliphatic rings. The maximum atomic E-state index is 11.6. The zero-order valence-corrected chi connectivity index (χ0v) is 12.8. The molecule has 0 saturated carbocycles. The van der Waals surface area contributed by atoms with Crippen molar-refractivity contribution in [2.24, 2.45) is 0 Å². The molecule has 0 atom stereocenters. The Hall–Kier alpha value is -1.78. The summed E-state index contributed by atoms with van der Waals surface area (Å²) in [4.78, 5) is 23.2. The van der Waals surface area contributed by atoms with Gasteiger partial charge in [-0.2, -0.15) is 0 Å². The third-order valence-corrected chi connectivity index (χ3v) is 2.25. The van der Waals surface area contributed by atoms with E-state index >= 15 is 0 Å². The highest BCUT2D eigenvalue weighted by molar-refractivity contribution is 5.92. The number of carbonyl (C=O) groups excluding carboxylic acids is 2. The molecule has 0 bridgehead atoms. The van der Waals surface area contributed by atoms with E-state index in [-0.39, 0.29) is 5.70 Å². The van der Waals surface area contributed by atoms with Crippen LogP contribution in [0.15, 0.2) is 24.4 Å². The van der Waals surface area contributed by atoms with Gasteiger partial charge in [-0.15, -0.1) is 6.58 Å². The Labute approximate surface area is 121 Å². The molecule has 0 aromatic rings. The third-order valence-electron chi connectivity index (χ3n) is 2.25. The molecule has 0 saturated heterocycles. The standard InChI is InChI=1S/C15H25NO4/c1-6-7-8-9-10-11-12(13(17)19-5)16-14(18)20-15(2,3)4/h6,11H,1,7-10H2,2-5H3,(H,16,18)/b12-11+. The first-order valence-electron chi connectivity index (χ1n) is 6.69. The van der Waals surface area contributed by atoms with E-state index in [1.165, 1.54) is 7.11 Å². The van der Waals surface area contributed by atoms with Gasteiger partial charge in [0.15, 0.2) is 0 Å². The molecule has 114 valence electrons. The first-order chi connectivity index (χ1) is 9.30. The molecule has 0 radical (unpaired) electrons. The molecular weight excluding hydrogens is 258 g/mol. The maximum absolute atomic E-state index is 11.6. The zero-order valence-electron chi connectivity index (χ0n) is 12.8. The minimum atomic E-state index is -0.666. The first-order valence-corrected chi connectivity index (χ1v) is 6.69. The summed E-state index contributed by atoms with van der Waals surface area (Å²) in [5.41, 5.74) is -0.504. The van der Waals surface area contributed by atoms with Crippen LogP contribution in [-0.2, 0) is 14.3 Å².